The van der Waals surface area contributed by atoms with E-state index in [1.165, 1.54) is 0 Å². The molecule has 3 aliphatic heterocycles. The summed E-state index contributed by atoms with van der Waals surface area (Å²) in [5.41, 5.74) is 0.722. The molecule has 0 saturated carbocycles. The quantitative estimate of drug-likeness (QED) is 0.675. The molecular weight excluding hydrogens is 390 g/mol. The van der Waals surface area contributed by atoms with E-state index in [9.17, 15) is 14.4 Å². The first-order chi connectivity index (χ1) is 14.6. The maximum atomic E-state index is 12.9. The molecule has 0 spiro atoms. The van der Waals surface area contributed by atoms with Crippen molar-refractivity contribution < 1.29 is 28.6 Å². The van der Waals surface area contributed by atoms with Crippen molar-refractivity contribution in [1.82, 2.24) is 9.80 Å². The van der Waals surface area contributed by atoms with E-state index in [-0.39, 0.29) is 30.4 Å². The fraction of sp³-hybridized carbons (Fsp3) is 0.571. The number of nitrogens with zero attached hydrogens (tertiary/aromatic N) is 3. The molecule has 4 rings (SSSR count). The van der Waals surface area contributed by atoms with E-state index >= 15 is 0 Å². The lowest BCUT2D eigenvalue weighted by Gasteiger charge is -2.32. The van der Waals surface area contributed by atoms with Crippen LogP contribution in [-0.4, -0.2) is 80.3 Å². The number of likely N-dealkylation sites (tertiary alicyclic amines) is 1. The largest absolute Gasteiger partial charge is 0.486 e. The van der Waals surface area contributed by atoms with E-state index < -0.39 is 0 Å². The highest BCUT2D eigenvalue weighted by Crippen LogP contribution is 2.35. The van der Waals surface area contributed by atoms with E-state index in [1.807, 2.05) is 6.07 Å². The van der Waals surface area contributed by atoms with Crippen molar-refractivity contribution in [2.45, 2.75) is 19.8 Å². The summed E-state index contributed by atoms with van der Waals surface area (Å²) in [5, 5.41) is 0. The third-order valence-electron chi connectivity index (χ3n) is 5.65. The molecule has 162 valence electrons. The second kappa shape index (κ2) is 8.81. The first kappa shape index (κ1) is 20.3. The van der Waals surface area contributed by atoms with Gasteiger partial charge in [0.05, 0.1) is 12.5 Å². The SMILES string of the molecule is CCOC(=O)C1CCCN(C(=O)CN2CCN(c3ccc4c(c3)OCCO4)C2=O)C1. The lowest BCUT2D eigenvalue weighted by Crippen LogP contribution is -2.47. The second-order valence-corrected chi connectivity index (χ2v) is 7.61. The number of piperidine rings is 1. The molecule has 9 heteroatoms. The molecule has 0 aromatic heterocycles. The minimum Gasteiger partial charge on any atom is -0.486 e. The Bertz CT molecular complexity index is 829. The average Bonchev–Trinajstić information content (AvgIpc) is 3.13. The van der Waals surface area contributed by atoms with Crippen LogP contribution in [0.1, 0.15) is 19.8 Å². The Labute approximate surface area is 175 Å². The standard InChI is InChI=1S/C21H27N3O6/c1-2-28-20(26)15-4-3-7-22(13-15)19(25)14-23-8-9-24(21(23)27)16-5-6-17-18(12-16)30-11-10-29-17/h5-6,12,15H,2-4,7-11,13-14H2,1H3. The first-order valence-electron chi connectivity index (χ1n) is 10.5. The second-order valence-electron chi connectivity index (χ2n) is 7.61. The van der Waals surface area contributed by atoms with Gasteiger partial charge >= 0.3 is 12.0 Å². The highest BCUT2D eigenvalue weighted by molar-refractivity contribution is 5.96. The summed E-state index contributed by atoms with van der Waals surface area (Å²) in [7, 11) is 0. The van der Waals surface area contributed by atoms with Gasteiger partial charge in [-0.3, -0.25) is 14.5 Å². The minimum absolute atomic E-state index is 0.00936. The molecule has 1 atom stereocenters. The average molecular weight is 417 g/mol. The van der Waals surface area contributed by atoms with Gasteiger partial charge in [-0.05, 0) is 31.9 Å². The van der Waals surface area contributed by atoms with Crippen molar-refractivity contribution in [3.63, 3.8) is 0 Å². The van der Waals surface area contributed by atoms with Crippen LogP contribution in [0.15, 0.2) is 18.2 Å². The lowest BCUT2D eigenvalue weighted by molar-refractivity contribution is -0.151. The number of hydrogen-bond acceptors (Lipinski definition) is 6. The Balaban J connectivity index is 1.36. The van der Waals surface area contributed by atoms with Crippen LogP contribution >= 0.6 is 0 Å². The monoisotopic (exact) mass is 417 g/mol. The topological polar surface area (TPSA) is 88.6 Å². The molecule has 0 aliphatic carbocycles. The van der Waals surface area contributed by atoms with E-state index in [0.29, 0.717) is 57.5 Å². The van der Waals surface area contributed by atoms with E-state index in [1.54, 1.807) is 33.8 Å². The number of anilines is 1. The minimum atomic E-state index is -0.286. The Morgan fingerprint density at radius 2 is 1.93 bits per heavy atom. The summed E-state index contributed by atoms with van der Waals surface area (Å²) in [6, 6.07) is 5.21. The number of benzene rings is 1. The van der Waals surface area contributed by atoms with Gasteiger partial charge < -0.3 is 24.0 Å². The predicted octanol–water partition coefficient (Wildman–Crippen LogP) is 1.50. The number of urea groups is 1. The zero-order valence-corrected chi connectivity index (χ0v) is 17.2. The van der Waals surface area contributed by atoms with Crippen molar-refractivity contribution in [3.05, 3.63) is 18.2 Å². The summed E-state index contributed by atoms with van der Waals surface area (Å²) in [6.45, 7) is 5.03. The number of amides is 3. The fourth-order valence-corrected chi connectivity index (χ4v) is 4.09. The molecule has 3 heterocycles. The lowest BCUT2D eigenvalue weighted by atomic mass is 9.98. The summed E-state index contributed by atoms with van der Waals surface area (Å²) in [5.74, 6) is 0.619. The van der Waals surface area contributed by atoms with Gasteiger partial charge in [0.1, 0.15) is 19.8 Å². The van der Waals surface area contributed by atoms with Gasteiger partial charge in [0.2, 0.25) is 5.91 Å². The van der Waals surface area contributed by atoms with Gasteiger partial charge in [0.15, 0.2) is 11.5 Å². The summed E-state index contributed by atoms with van der Waals surface area (Å²) in [6.07, 6.45) is 1.48. The van der Waals surface area contributed by atoms with Crippen molar-refractivity contribution in [2.75, 3.05) is 57.4 Å². The van der Waals surface area contributed by atoms with Crippen LogP contribution in [0.5, 0.6) is 11.5 Å². The van der Waals surface area contributed by atoms with Crippen LogP contribution in [-0.2, 0) is 14.3 Å². The Morgan fingerprint density at radius 3 is 2.73 bits per heavy atom. The van der Waals surface area contributed by atoms with E-state index in [0.717, 1.165) is 18.5 Å². The molecule has 30 heavy (non-hydrogen) atoms. The van der Waals surface area contributed by atoms with Gasteiger partial charge in [-0.2, -0.15) is 0 Å². The Hall–Kier alpha value is -2.97. The molecule has 1 aromatic rings. The molecule has 2 saturated heterocycles. The Kier molecular flexibility index (Phi) is 5.96. The van der Waals surface area contributed by atoms with E-state index in [2.05, 4.69) is 0 Å². The van der Waals surface area contributed by atoms with Crippen molar-refractivity contribution in [1.29, 1.82) is 0 Å². The van der Waals surface area contributed by atoms with Crippen molar-refractivity contribution in [2.24, 2.45) is 5.92 Å². The van der Waals surface area contributed by atoms with Crippen LogP contribution < -0.4 is 14.4 Å². The number of carbonyl (C=O) groups is 3. The van der Waals surface area contributed by atoms with Crippen LogP contribution in [0, 0.1) is 5.92 Å². The molecule has 0 radical (unpaired) electrons. The van der Waals surface area contributed by atoms with Crippen LogP contribution in [0.4, 0.5) is 10.5 Å². The van der Waals surface area contributed by atoms with Crippen LogP contribution in [0.2, 0.25) is 0 Å². The zero-order valence-electron chi connectivity index (χ0n) is 17.2. The molecule has 1 aromatic carbocycles. The number of hydrogen-bond donors (Lipinski definition) is 0. The smallest absolute Gasteiger partial charge is 0.325 e. The van der Waals surface area contributed by atoms with Crippen LogP contribution in [0.3, 0.4) is 0 Å². The molecule has 3 amide bonds. The summed E-state index contributed by atoms with van der Waals surface area (Å²) in [4.78, 5) is 42.5. The molecule has 3 aliphatic rings. The molecule has 0 bridgehead atoms. The van der Waals surface area contributed by atoms with Crippen molar-refractivity contribution >= 4 is 23.6 Å². The highest BCUT2D eigenvalue weighted by atomic mass is 16.6. The third-order valence-corrected chi connectivity index (χ3v) is 5.65. The number of rotatable bonds is 5. The van der Waals surface area contributed by atoms with Crippen molar-refractivity contribution in [3.8, 4) is 11.5 Å². The molecular formula is C21H27N3O6. The van der Waals surface area contributed by atoms with Gasteiger partial charge in [-0.1, -0.05) is 0 Å². The first-order valence-corrected chi connectivity index (χ1v) is 10.5. The van der Waals surface area contributed by atoms with Gasteiger partial charge in [-0.15, -0.1) is 0 Å². The molecule has 2 fully saturated rings. The molecule has 0 N–H and O–H groups in total. The fourth-order valence-electron chi connectivity index (χ4n) is 4.09. The maximum absolute atomic E-state index is 12.9. The number of esters is 1. The molecule has 9 nitrogen and oxygen atoms in total. The zero-order chi connectivity index (χ0) is 21.1. The predicted molar refractivity (Wildman–Crippen MR) is 108 cm³/mol. The summed E-state index contributed by atoms with van der Waals surface area (Å²) >= 11 is 0. The number of carbonyl (C=O) groups excluding carboxylic acids is 3. The molecule has 1 unspecified atom stereocenters. The number of ether oxygens (including phenoxy) is 3. The van der Waals surface area contributed by atoms with Crippen LogP contribution in [0.25, 0.3) is 0 Å². The summed E-state index contributed by atoms with van der Waals surface area (Å²) < 4.78 is 16.2. The van der Waals surface area contributed by atoms with Gasteiger partial charge in [0.25, 0.3) is 0 Å². The third kappa shape index (κ3) is 4.15. The number of fused-ring (bicyclic) bond motifs is 1. The Morgan fingerprint density at radius 1 is 1.13 bits per heavy atom. The van der Waals surface area contributed by atoms with Gasteiger partial charge in [-0.25, -0.2) is 4.79 Å². The van der Waals surface area contributed by atoms with Gasteiger partial charge in [0, 0.05) is 37.9 Å². The maximum Gasteiger partial charge on any atom is 0.325 e. The normalized spacial score (nSPS) is 21.0. The van der Waals surface area contributed by atoms with E-state index in [4.69, 9.17) is 14.2 Å². The highest BCUT2D eigenvalue weighted by Gasteiger charge is 2.34.